The van der Waals surface area contributed by atoms with Crippen molar-refractivity contribution < 1.29 is 19.5 Å². The lowest BCUT2D eigenvalue weighted by atomic mass is 9.99. The summed E-state index contributed by atoms with van der Waals surface area (Å²) in [6.07, 6.45) is 0. The van der Waals surface area contributed by atoms with Gasteiger partial charge in [0.25, 0.3) is 0 Å². The third kappa shape index (κ3) is 4.65. The highest BCUT2D eigenvalue weighted by atomic mass is 16.3. The molecule has 8 aromatic rings. The number of fused-ring (bicyclic) bond motifs is 3. The highest BCUT2D eigenvalue weighted by Gasteiger charge is 2.17. The minimum atomic E-state index is -0.681. The van der Waals surface area contributed by atoms with Crippen LogP contribution >= 0.6 is 0 Å². The Hall–Kier alpha value is -5.87. The Morgan fingerprint density at radius 1 is 0.419 bits per heavy atom. The van der Waals surface area contributed by atoms with Gasteiger partial charge in [-0.25, -0.2) is 15.0 Å². The summed E-state index contributed by atoms with van der Waals surface area (Å²) in [4.78, 5) is 14.3. The van der Waals surface area contributed by atoms with Crippen LogP contribution in [0.25, 0.3) is 78.4 Å². The highest BCUT2D eigenvalue weighted by Crippen LogP contribution is 2.36. The van der Waals surface area contributed by atoms with Crippen LogP contribution in [0.1, 0.15) is 15.1 Å². The van der Waals surface area contributed by atoms with Crippen LogP contribution in [0.4, 0.5) is 0 Å². The van der Waals surface area contributed by atoms with E-state index in [0.29, 0.717) is 11.1 Å². The van der Waals surface area contributed by atoms with Gasteiger partial charge in [-0.2, -0.15) is 0 Å². The Morgan fingerprint density at radius 2 is 1.05 bits per heavy atom. The van der Waals surface area contributed by atoms with E-state index in [0.717, 1.165) is 11.1 Å². The van der Waals surface area contributed by atoms with Crippen molar-refractivity contribution in [1.29, 1.82) is 0 Å². The molecule has 4 nitrogen and oxygen atoms in total. The summed E-state index contributed by atoms with van der Waals surface area (Å²) in [6, 6.07) is 19.8. The van der Waals surface area contributed by atoms with Crippen molar-refractivity contribution in [3.63, 3.8) is 0 Å². The van der Waals surface area contributed by atoms with E-state index < -0.39 is 77.6 Å². The molecule has 2 heterocycles. The van der Waals surface area contributed by atoms with Crippen molar-refractivity contribution in [2.24, 2.45) is 0 Å². The number of hydrogen-bond acceptors (Lipinski definition) is 4. The van der Waals surface area contributed by atoms with E-state index in [4.69, 9.17) is 25.4 Å². The second kappa shape index (κ2) is 10.5. The molecule has 0 aliphatic heterocycles. The molecule has 0 amide bonds. The van der Waals surface area contributed by atoms with E-state index in [1.54, 1.807) is 0 Å². The molecular formula is C39H25N3O. The van der Waals surface area contributed by atoms with Crippen molar-refractivity contribution in [2.75, 3.05) is 0 Å². The fourth-order valence-electron chi connectivity index (χ4n) is 4.87. The van der Waals surface area contributed by atoms with Crippen LogP contribution in [0, 0.1) is 0 Å². The monoisotopic (exact) mass is 562 g/mol. The number of rotatable bonds is 5. The number of nitrogens with zero attached hydrogens (tertiary/aromatic N) is 3. The fraction of sp³-hybridized carbons (Fsp3) is 0. The molecule has 202 valence electrons. The Bertz CT molecular complexity index is 2820. The van der Waals surface area contributed by atoms with Crippen molar-refractivity contribution in [1.82, 2.24) is 15.0 Å². The number of benzene rings is 6. The van der Waals surface area contributed by atoms with Crippen LogP contribution in [0.2, 0.25) is 0 Å². The quantitative estimate of drug-likeness (QED) is 0.209. The second-order valence-electron chi connectivity index (χ2n) is 9.59. The lowest BCUT2D eigenvalue weighted by molar-refractivity contribution is 0.669. The Morgan fingerprint density at radius 3 is 1.81 bits per heavy atom. The lowest BCUT2D eigenvalue weighted by Gasteiger charge is -2.12. The maximum atomic E-state index is 9.34. The zero-order valence-corrected chi connectivity index (χ0v) is 22.3. The molecule has 0 aliphatic carbocycles. The van der Waals surface area contributed by atoms with Crippen LogP contribution in [0.3, 0.4) is 0 Å². The summed E-state index contributed by atoms with van der Waals surface area (Å²) in [6.45, 7) is 0. The minimum absolute atomic E-state index is 0.0919. The third-order valence-electron chi connectivity index (χ3n) is 6.90. The molecule has 6 aromatic carbocycles. The predicted octanol–water partition coefficient (Wildman–Crippen LogP) is 10.1. The molecule has 0 spiro atoms. The summed E-state index contributed by atoms with van der Waals surface area (Å²) < 4.78 is 102. The Labute approximate surface area is 264 Å². The standard InChI is InChI=1S/C39H25N3O/c1-4-12-26(13-5-1)29-21-23-35-34(24-29)32-22-20-30(25-36(32)43-35)38-40-37(28-16-8-3-9-17-28)41-39(42-38)33-19-11-10-18-31(33)27-14-6-2-7-15-27/h1-25H/i1D,4D,5D,12D,13D,20D,21D,22D,23D,24D,25D. The van der Waals surface area contributed by atoms with Crippen molar-refractivity contribution in [3.05, 3.63) is 151 Å². The minimum Gasteiger partial charge on any atom is -0.456 e. The van der Waals surface area contributed by atoms with E-state index in [9.17, 15) is 4.11 Å². The molecule has 0 N–H and O–H groups in total. The van der Waals surface area contributed by atoms with Gasteiger partial charge in [-0.05, 0) is 46.4 Å². The second-order valence-corrected chi connectivity index (χ2v) is 9.59. The third-order valence-corrected chi connectivity index (χ3v) is 6.90. The molecule has 0 saturated heterocycles. The zero-order chi connectivity index (χ0) is 38.2. The van der Waals surface area contributed by atoms with Crippen LogP contribution in [0.5, 0.6) is 0 Å². The maximum absolute atomic E-state index is 9.34. The number of aromatic nitrogens is 3. The van der Waals surface area contributed by atoms with E-state index >= 15 is 0 Å². The molecule has 8 rings (SSSR count). The molecule has 2 aromatic heterocycles. The summed E-state index contributed by atoms with van der Waals surface area (Å²) >= 11 is 0. The molecular weight excluding hydrogens is 526 g/mol. The molecule has 0 fully saturated rings. The largest absolute Gasteiger partial charge is 0.456 e. The fourth-order valence-corrected chi connectivity index (χ4v) is 4.87. The molecule has 0 atom stereocenters. The van der Waals surface area contributed by atoms with Gasteiger partial charge in [-0.1, -0.05) is 127 Å². The van der Waals surface area contributed by atoms with E-state index in [-0.39, 0.29) is 45.0 Å². The normalized spacial score (nSPS) is 14.8. The summed E-state index contributed by atoms with van der Waals surface area (Å²) in [7, 11) is 0. The van der Waals surface area contributed by atoms with Crippen LogP contribution in [-0.2, 0) is 0 Å². The average molecular weight is 563 g/mol. The molecule has 0 unspecified atom stereocenters. The number of hydrogen-bond donors (Lipinski definition) is 0. The van der Waals surface area contributed by atoms with Gasteiger partial charge in [0.05, 0.1) is 15.1 Å². The van der Waals surface area contributed by atoms with Crippen LogP contribution in [0.15, 0.2) is 156 Å². The van der Waals surface area contributed by atoms with Crippen molar-refractivity contribution in [2.45, 2.75) is 0 Å². The van der Waals surface area contributed by atoms with Gasteiger partial charge in [0.15, 0.2) is 17.5 Å². The van der Waals surface area contributed by atoms with Crippen LogP contribution < -0.4 is 0 Å². The SMILES string of the molecule is [2H]c1c([2H])c([2H])c(-c2c([2H])c([2H])c3oc4c([2H])c(-c5nc(-c6ccccc6)nc(-c6ccccc6-c6ccccc6)n5)c([2H])c([2H])c4c3c2[2H])c([2H])c1[2H]. The summed E-state index contributed by atoms with van der Waals surface area (Å²) in [5.74, 6) is 0.403. The first-order valence-electron chi connectivity index (χ1n) is 18.9. The lowest BCUT2D eigenvalue weighted by Crippen LogP contribution is -2.01. The van der Waals surface area contributed by atoms with Gasteiger partial charge in [0.1, 0.15) is 11.2 Å². The zero-order valence-electron chi connectivity index (χ0n) is 33.3. The Kier molecular flexibility index (Phi) is 3.90. The Balaban J connectivity index is 1.42. The van der Waals surface area contributed by atoms with Gasteiger partial charge >= 0.3 is 0 Å². The first-order valence-corrected chi connectivity index (χ1v) is 13.4. The molecule has 0 saturated carbocycles. The van der Waals surface area contributed by atoms with E-state index in [1.807, 2.05) is 84.9 Å². The first-order chi connectivity index (χ1) is 25.9. The van der Waals surface area contributed by atoms with Gasteiger partial charge in [0, 0.05) is 27.5 Å². The van der Waals surface area contributed by atoms with E-state index in [2.05, 4.69) is 4.98 Å². The van der Waals surface area contributed by atoms with Gasteiger partial charge in [-0.15, -0.1) is 0 Å². The van der Waals surface area contributed by atoms with Crippen molar-refractivity contribution in [3.8, 4) is 56.4 Å². The van der Waals surface area contributed by atoms with Gasteiger partial charge in [0.2, 0.25) is 0 Å². The smallest absolute Gasteiger partial charge is 0.164 e. The highest BCUT2D eigenvalue weighted by molar-refractivity contribution is 6.07. The predicted molar refractivity (Wildman–Crippen MR) is 174 cm³/mol. The average Bonchev–Trinajstić information content (AvgIpc) is 3.61. The van der Waals surface area contributed by atoms with E-state index in [1.165, 1.54) is 0 Å². The van der Waals surface area contributed by atoms with Crippen LogP contribution in [-0.4, -0.2) is 15.0 Å². The molecule has 43 heavy (non-hydrogen) atoms. The van der Waals surface area contributed by atoms with Crippen molar-refractivity contribution >= 4 is 21.9 Å². The molecule has 0 bridgehead atoms. The molecule has 0 aliphatic rings. The maximum Gasteiger partial charge on any atom is 0.164 e. The van der Waals surface area contributed by atoms with Gasteiger partial charge < -0.3 is 4.42 Å². The topological polar surface area (TPSA) is 51.8 Å². The first kappa shape index (κ1) is 15.9. The van der Waals surface area contributed by atoms with Gasteiger partial charge in [-0.3, -0.25) is 0 Å². The molecule has 0 radical (unpaired) electrons. The summed E-state index contributed by atoms with van der Waals surface area (Å²) in [5.41, 5.74) is 1.37. The summed E-state index contributed by atoms with van der Waals surface area (Å²) in [5, 5.41) is -0.382. The number of furan rings is 1. The molecule has 4 heteroatoms.